The van der Waals surface area contributed by atoms with Gasteiger partial charge in [0.15, 0.2) is 0 Å². The van der Waals surface area contributed by atoms with Crippen molar-refractivity contribution in [3.8, 4) is 0 Å². The predicted molar refractivity (Wildman–Crippen MR) is 123 cm³/mol. The molecule has 0 N–H and O–H groups in total. The van der Waals surface area contributed by atoms with Crippen LogP contribution in [0.15, 0.2) is 36.5 Å². The van der Waals surface area contributed by atoms with Gasteiger partial charge in [0.1, 0.15) is 0 Å². The number of allylic oxidation sites excluding steroid dienone is 6. The smallest absolute Gasteiger partial charge is 0.272 e. The third kappa shape index (κ3) is 16.5. The molecule has 168 valence electrons. The molecular weight excluding hydrogens is 362 g/mol. The van der Waals surface area contributed by atoms with Gasteiger partial charge in [-0.25, -0.2) is 0 Å². The normalized spacial score (nSPS) is 20.3. The number of unbranched alkanes of at least 4 members (excludes halogenated alkanes) is 6. The number of hydrogen-bond acceptors (Lipinski definition) is 4. The second-order valence-corrected chi connectivity index (χ2v) is 8.05. The molecule has 0 aromatic heterocycles. The lowest BCUT2D eigenvalue weighted by Crippen LogP contribution is -2.22. The highest BCUT2D eigenvalue weighted by Gasteiger charge is 2.26. The SMILES string of the molecule is CC/C=C\C/C=C\C/C=C\CCCCCCCCOC1OCC(CCN(C)C)O1. The Hall–Kier alpha value is -0.940. The molecule has 1 aliphatic rings. The Morgan fingerprint density at radius 1 is 0.862 bits per heavy atom. The summed E-state index contributed by atoms with van der Waals surface area (Å²) in [4.78, 5) is 2.17. The zero-order valence-electron chi connectivity index (χ0n) is 19.2. The molecule has 0 spiro atoms. The molecule has 29 heavy (non-hydrogen) atoms. The van der Waals surface area contributed by atoms with Crippen LogP contribution in [0.3, 0.4) is 0 Å². The third-order valence-corrected chi connectivity index (χ3v) is 4.92. The van der Waals surface area contributed by atoms with Gasteiger partial charge in [-0.3, -0.25) is 0 Å². The highest BCUT2D eigenvalue weighted by molar-refractivity contribution is 4.96. The minimum Gasteiger partial charge on any atom is -0.330 e. The maximum absolute atomic E-state index is 5.76. The van der Waals surface area contributed by atoms with Gasteiger partial charge in [0.05, 0.1) is 19.3 Å². The summed E-state index contributed by atoms with van der Waals surface area (Å²) in [6.45, 7) is 4.12. The third-order valence-electron chi connectivity index (χ3n) is 4.92. The molecule has 0 aliphatic carbocycles. The molecular formula is C25H45NO3. The molecule has 2 unspecified atom stereocenters. The van der Waals surface area contributed by atoms with Crippen LogP contribution >= 0.6 is 0 Å². The average molecular weight is 408 g/mol. The van der Waals surface area contributed by atoms with Crippen LogP contribution in [0.5, 0.6) is 0 Å². The van der Waals surface area contributed by atoms with Gasteiger partial charge < -0.3 is 19.1 Å². The second kappa shape index (κ2) is 19.0. The van der Waals surface area contributed by atoms with Gasteiger partial charge in [0.25, 0.3) is 6.48 Å². The van der Waals surface area contributed by atoms with E-state index >= 15 is 0 Å². The maximum atomic E-state index is 5.76. The molecule has 4 heteroatoms. The van der Waals surface area contributed by atoms with Crippen molar-refractivity contribution in [2.24, 2.45) is 0 Å². The first-order chi connectivity index (χ1) is 14.2. The number of nitrogens with zero attached hydrogens (tertiary/aromatic N) is 1. The fourth-order valence-corrected chi connectivity index (χ4v) is 3.14. The summed E-state index contributed by atoms with van der Waals surface area (Å²) in [5.41, 5.74) is 0. The van der Waals surface area contributed by atoms with Gasteiger partial charge in [0, 0.05) is 6.54 Å². The standard InChI is InChI=1S/C25H45NO3/c1-4-5-6-7-8-9-10-11-12-13-14-15-16-17-18-19-22-27-25-28-23-24(29-25)20-21-26(2)3/h5-6,8-9,11-12,24-25H,4,7,10,13-23H2,1-3H3/b6-5-,9-8-,12-11-. The van der Waals surface area contributed by atoms with Crippen LogP contribution in [0.1, 0.15) is 77.6 Å². The van der Waals surface area contributed by atoms with Gasteiger partial charge in [-0.05, 0) is 59.0 Å². The molecule has 0 bridgehead atoms. The quantitative estimate of drug-likeness (QED) is 0.199. The van der Waals surface area contributed by atoms with E-state index in [4.69, 9.17) is 14.2 Å². The fraction of sp³-hybridized carbons (Fsp3) is 0.760. The molecule has 0 saturated carbocycles. The first-order valence-electron chi connectivity index (χ1n) is 11.7. The minimum absolute atomic E-state index is 0.176. The second-order valence-electron chi connectivity index (χ2n) is 8.05. The summed E-state index contributed by atoms with van der Waals surface area (Å²) in [6, 6.07) is 0. The Morgan fingerprint density at radius 2 is 1.52 bits per heavy atom. The highest BCUT2D eigenvalue weighted by Crippen LogP contribution is 2.16. The van der Waals surface area contributed by atoms with Gasteiger partial charge in [-0.2, -0.15) is 0 Å². The first kappa shape index (κ1) is 26.1. The lowest BCUT2D eigenvalue weighted by molar-refractivity contribution is -0.237. The van der Waals surface area contributed by atoms with Crippen molar-refractivity contribution in [1.82, 2.24) is 4.90 Å². The van der Waals surface area contributed by atoms with Crippen LogP contribution in [0, 0.1) is 0 Å². The highest BCUT2D eigenvalue weighted by atomic mass is 16.9. The molecule has 0 aromatic carbocycles. The van der Waals surface area contributed by atoms with Crippen LogP contribution < -0.4 is 0 Å². The topological polar surface area (TPSA) is 30.9 Å². The average Bonchev–Trinajstić information content (AvgIpc) is 3.16. The Kier molecular flexibility index (Phi) is 17.1. The van der Waals surface area contributed by atoms with E-state index in [9.17, 15) is 0 Å². The van der Waals surface area contributed by atoms with Crippen LogP contribution in [0.25, 0.3) is 0 Å². The van der Waals surface area contributed by atoms with Crippen LogP contribution in [0.4, 0.5) is 0 Å². The zero-order valence-corrected chi connectivity index (χ0v) is 19.2. The largest absolute Gasteiger partial charge is 0.330 e. The van der Waals surface area contributed by atoms with E-state index in [1.165, 1.54) is 38.5 Å². The van der Waals surface area contributed by atoms with E-state index in [1.807, 2.05) is 0 Å². The molecule has 1 saturated heterocycles. The summed E-state index contributed by atoms with van der Waals surface area (Å²) in [6.07, 6.45) is 26.7. The van der Waals surface area contributed by atoms with E-state index in [-0.39, 0.29) is 6.10 Å². The molecule has 0 radical (unpaired) electrons. The van der Waals surface area contributed by atoms with Gasteiger partial charge in [-0.15, -0.1) is 0 Å². The van der Waals surface area contributed by atoms with Crippen LogP contribution in [-0.2, 0) is 14.2 Å². The maximum Gasteiger partial charge on any atom is 0.272 e. The van der Waals surface area contributed by atoms with Crippen molar-refractivity contribution >= 4 is 0 Å². The number of hydrogen-bond donors (Lipinski definition) is 0. The Bertz CT molecular complexity index is 445. The molecule has 2 atom stereocenters. The zero-order chi connectivity index (χ0) is 21.0. The monoisotopic (exact) mass is 407 g/mol. The molecule has 4 nitrogen and oxygen atoms in total. The van der Waals surface area contributed by atoms with E-state index in [1.54, 1.807) is 0 Å². The summed E-state index contributed by atoms with van der Waals surface area (Å²) >= 11 is 0. The number of ether oxygens (including phenoxy) is 3. The van der Waals surface area contributed by atoms with Crippen LogP contribution in [0.2, 0.25) is 0 Å². The summed E-state index contributed by atoms with van der Waals surface area (Å²) in [7, 11) is 4.15. The lowest BCUT2D eigenvalue weighted by Gasteiger charge is -2.14. The minimum atomic E-state index is -0.448. The van der Waals surface area contributed by atoms with E-state index in [0.717, 1.165) is 45.3 Å². The number of rotatable bonds is 18. The van der Waals surface area contributed by atoms with Crippen molar-refractivity contribution in [2.45, 2.75) is 90.1 Å². The molecule has 1 rings (SSSR count). The Morgan fingerprint density at radius 3 is 2.24 bits per heavy atom. The molecule has 1 fully saturated rings. The Labute approximate surface area is 180 Å². The van der Waals surface area contributed by atoms with Crippen molar-refractivity contribution < 1.29 is 14.2 Å². The van der Waals surface area contributed by atoms with E-state index in [2.05, 4.69) is 62.4 Å². The van der Waals surface area contributed by atoms with E-state index in [0.29, 0.717) is 6.61 Å². The fourth-order valence-electron chi connectivity index (χ4n) is 3.14. The van der Waals surface area contributed by atoms with Gasteiger partial charge in [-0.1, -0.05) is 69.1 Å². The van der Waals surface area contributed by atoms with Crippen LogP contribution in [-0.4, -0.2) is 51.3 Å². The molecule has 0 amide bonds. The van der Waals surface area contributed by atoms with Crippen molar-refractivity contribution in [1.29, 1.82) is 0 Å². The van der Waals surface area contributed by atoms with E-state index < -0.39 is 6.48 Å². The summed E-state index contributed by atoms with van der Waals surface area (Å²) < 4.78 is 17.0. The van der Waals surface area contributed by atoms with Crippen molar-refractivity contribution in [2.75, 3.05) is 33.9 Å². The van der Waals surface area contributed by atoms with Crippen molar-refractivity contribution in [3.63, 3.8) is 0 Å². The lowest BCUT2D eigenvalue weighted by atomic mass is 10.1. The molecule has 1 heterocycles. The first-order valence-corrected chi connectivity index (χ1v) is 11.7. The van der Waals surface area contributed by atoms with Crippen molar-refractivity contribution in [3.05, 3.63) is 36.5 Å². The van der Waals surface area contributed by atoms with Gasteiger partial charge >= 0.3 is 0 Å². The molecule has 0 aromatic rings. The summed E-state index contributed by atoms with van der Waals surface area (Å²) in [5, 5.41) is 0. The molecule has 1 aliphatic heterocycles. The predicted octanol–water partition coefficient (Wildman–Crippen LogP) is 6.24. The summed E-state index contributed by atoms with van der Waals surface area (Å²) in [5.74, 6) is 0. The van der Waals surface area contributed by atoms with Gasteiger partial charge in [0.2, 0.25) is 0 Å². The Balaban J connectivity index is 1.81.